The Morgan fingerprint density at radius 3 is 2.29 bits per heavy atom. The number of nitrogens with zero attached hydrogens (tertiary/aromatic N) is 3. The number of benzene rings is 1. The molecule has 1 heterocycles. The average Bonchev–Trinajstić information content (AvgIpc) is 2.59. The molecule has 0 bridgehead atoms. The number of piperazine rings is 1. The number of non-ortho nitro benzene ring substituents is 1. The van der Waals surface area contributed by atoms with Gasteiger partial charge in [-0.15, -0.1) is 0 Å². The Balaban J connectivity index is 2.02. The lowest BCUT2D eigenvalue weighted by Gasteiger charge is -2.34. The highest BCUT2D eigenvalue weighted by molar-refractivity contribution is 7.89. The van der Waals surface area contributed by atoms with E-state index < -0.39 is 14.9 Å². The second-order valence-electron chi connectivity index (χ2n) is 5.39. The van der Waals surface area contributed by atoms with Crippen LogP contribution in [-0.4, -0.2) is 68.2 Å². The van der Waals surface area contributed by atoms with Crippen LogP contribution in [0.4, 0.5) is 5.69 Å². The van der Waals surface area contributed by atoms with Crippen LogP contribution in [0.5, 0.6) is 0 Å². The molecule has 0 atom stereocenters. The summed E-state index contributed by atoms with van der Waals surface area (Å²) in [6, 6.07) is 4.81. The fourth-order valence-corrected chi connectivity index (χ4v) is 3.88. The number of amides is 1. The van der Waals surface area contributed by atoms with Crippen molar-refractivity contribution in [1.82, 2.24) is 14.5 Å². The summed E-state index contributed by atoms with van der Waals surface area (Å²) < 4.78 is 26.4. The first-order chi connectivity index (χ1) is 11.4. The average molecular weight is 356 g/mol. The van der Waals surface area contributed by atoms with Gasteiger partial charge in [-0.1, -0.05) is 0 Å². The fraction of sp³-hybridized carbons (Fsp3) is 0.500. The SMILES string of the molecule is CNCCC(=O)N1CCN(S(=O)(=O)c2ccc([N+](=O)[O-])cc2)CC1. The number of rotatable bonds is 6. The van der Waals surface area contributed by atoms with Crippen LogP contribution < -0.4 is 5.32 Å². The minimum Gasteiger partial charge on any atom is -0.340 e. The van der Waals surface area contributed by atoms with Crippen molar-refractivity contribution in [2.75, 3.05) is 39.8 Å². The van der Waals surface area contributed by atoms with Gasteiger partial charge in [-0.2, -0.15) is 4.31 Å². The molecule has 0 spiro atoms. The van der Waals surface area contributed by atoms with E-state index in [0.29, 0.717) is 26.1 Å². The van der Waals surface area contributed by atoms with E-state index in [1.807, 2.05) is 0 Å². The number of hydrogen-bond acceptors (Lipinski definition) is 6. The van der Waals surface area contributed by atoms with Gasteiger partial charge in [0.05, 0.1) is 9.82 Å². The second kappa shape index (κ2) is 7.69. The van der Waals surface area contributed by atoms with Gasteiger partial charge < -0.3 is 10.2 Å². The van der Waals surface area contributed by atoms with E-state index in [0.717, 1.165) is 0 Å². The zero-order valence-electron chi connectivity index (χ0n) is 13.3. The third-order valence-corrected chi connectivity index (χ3v) is 5.78. The van der Waals surface area contributed by atoms with E-state index in [-0.39, 0.29) is 29.6 Å². The van der Waals surface area contributed by atoms with Crippen molar-refractivity contribution in [2.45, 2.75) is 11.3 Å². The van der Waals surface area contributed by atoms with Crippen molar-refractivity contribution in [3.05, 3.63) is 34.4 Å². The minimum atomic E-state index is -3.71. The summed E-state index contributed by atoms with van der Waals surface area (Å²) >= 11 is 0. The number of nitro groups is 1. The number of carbonyl (C=O) groups is 1. The van der Waals surface area contributed by atoms with E-state index in [9.17, 15) is 23.3 Å². The molecular weight excluding hydrogens is 336 g/mol. The molecule has 1 N–H and O–H groups in total. The van der Waals surface area contributed by atoms with Gasteiger partial charge in [0.25, 0.3) is 5.69 Å². The Morgan fingerprint density at radius 2 is 1.79 bits per heavy atom. The predicted octanol–water partition coefficient (Wildman–Crippen LogP) is 0.0372. The van der Waals surface area contributed by atoms with Gasteiger partial charge >= 0.3 is 0 Å². The first-order valence-electron chi connectivity index (χ1n) is 7.53. The van der Waals surface area contributed by atoms with Gasteiger partial charge in [-0.3, -0.25) is 14.9 Å². The Hall–Kier alpha value is -2.04. The van der Waals surface area contributed by atoms with Crippen LogP contribution in [0.25, 0.3) is 0 Å². The van der Waals surface area contributed by atoms with Crippen LogP contribution in [0.3, 0.4) is 0 Å². The zero-order chi connectivity index (χ0) is 17.7. The molecule has 1 aromatic rings. The summed E-state index contributed by atoms with van der Waals surface area (Å²) in [4.78, 5) is 23.7. The quantitative estimate of drug-likeness (QED) is 0.569. The molecule has 0 aliphatic carbocycles. The third kappa shape index (κ3) is 4.08. The van der Waals surface area contributed by atoms with Gasteiger partial charge in [-0.05, 0) is 19.2 Å². The summed E-state index contributed by atoms with van der Waals surface area (Å²) in [5, 5.41) is 13.5. The maximum absolute atomic E-state index is 12.6. The van der Waals surface area contributed by atoms with E-state index in [1.165, 1.54) is 28.6 Å². The lowest BCUT2D eigenvalue weighted by Crippen LogP contribution is -2.50. The lowest BCUT2D eigenvalue weighted by atomic mass is 10.3. The highest BCUT2D eigenvalue weighted by Crippen LogP contribution is 2.20. The molecule has 1 aliphatic heterocycles. The molecule has 1 amide bonds. The van der Waals surface area contributed by atoms with Gasteiger partial charge in [-0.25, -0.2) is 8.42 Å². The topological polar surface area (TPSA) is 113 Å². The summed E-state index contributed by atoms with van der Waals surface area (Å²) in [6.45, 7) is 1.69. The Kier molecular flexibility index (Phi) is 5.86. The van der Waals surface area contributed by atoms with Crippen LogP contribution in [0.2, 0.25) is 0 Å². The van der Waals surface area contributed by atoms with Gasteiger partial charge in [0.1, 0.15) is 0 Å². The van der Waals surface area contributed by atoms with Crippen molar-refractivity contribution in [2.24, 2.45) is 0 Å². The first kappa shape index (κ1) is 18.3. The van der Waals surface area contributed by atoms with Crippen LogP contribution in [-0.2, 0) is 14.8 Å². The smallest absolute Gasteiger partial charge is 0.269 e. The van der Waals surface area contributed by atoms with E-state index in [2.05, 4.69) is 5.32 Å². The maximum Gasteiger partial charge on any atom is 0.269 e. The molecule has 1 aromatic carbocycles. The van der Waals surface area contributed by atoms with Crippen molar-refractivity contribution >= 4 is 21.6 Å². The number of nitrogens with one attached hydrogen (secondary N) is 1. The van der Waals surface area contributed by atoms with E-state index >= 15 is 0 Å². The predicted molar refractivity (Wildman–Crippen MR) is 87.0 cm³/mol. The largest absolute Gasteiger partial charge is 0.340 e. The second-order valence-corrected chi connectivity index (χ2v) is 7.33. The van der Waals surface area contributed by atoms with Gasteiger partial charge in [0, 0.05) is 51.3 Å². The standard InChI is InChI=1S/C14H20N4O5S/c1-15-7-6-14(19)16-8-10-17(11-9-16)24(22,23)13-4-2-12(3-5-13)18(20)21/h2-5,15H,6-11H2,1H3. The van der Waals surface area contributed by atoms with Crippen molar-refractivity contribution in [3.8, 4) is 0 Å². The summed E-state index contributed by atoms with van der Waals surface area (Å²) in [5.41, 5.74) is -0.158. The molecule has 1 aliphatic rings. The minimum absolute atomic E-state index is 0.00302. The first-order valence-corrected chi connectivity index (χ1v) is 8.97. The van der Waals surface area contributed by atoms with Crippen LogP contribution in [0.1, 0.15) is 6.42 Å². The van der Waals surface area contributed by atoms with Gasteiger partial charge in [0.15, 0.2) is 0 Å². The maximum atomic E-state index is 12.6. The summed E-state index contributed by atoms with van der Waals surface area (Å²) in [6.07, 6.45) is 0.381. The number of hydrogen-bond donors (Lipinski definition) is 1. The molecule has 1 fully saturated rings. The Morgan fingerprint density at radius 1 is 1.21 bits per heavy atom. The van der Waals surface area contributed by atoms with Crippen LogP contribution in [0, 0.1) is 10.1 Å². The molecule has 2 rings (SSSR count). The normalized spacial score (nSPS) is 16.1. The lowest BCUT2D eigenvalue weighted by molar-refractivity contribution is -0.384. The number of sulfonamides is 1. The molecule has 0 unspecified atom stereocenters. The fourth-order valence-electron chi connectivity index (χ4n) is 2.46. The molecule has 9 nitrogen and oxygen atoms in total. The van der Waals surface area contributed by atoms with Crippen molar-refractivity contribution in [3.63, 3.8) is 0 Å². The molecule has 0 saturated carbocycles. The van der Waals surface area contributed by atoms with Crippen LogP contribution >= 0.6 is 0 Å². The molecule has 24 heavy (non-hydrogen) atoms. The zero-order valence-corrected chi connectivity index (χ0v) is 14.2. The highest BCUT2D eigenvalue weighted by atomic mass is 32.2. The van der Waals surface area contributed by atoms with Crippen molar-refractivity contribution in [1.29, 1.82) is 0 Å². The van der Waals surface area contributed by atoms with E-state index in [1.54, 1.807) is 11.9 Å². The summed E-state index contributed by atoms with van der Waals surface area (Å²) in [5.74, 6) is -0.00302. The number of carbonyl (C=O) groups excluding carboxylic acids is 1. The monoisotopic (exact) mass is 356 g/mol. The number of nitro benzene ring substituents is 1. The van der Waals surface area contributed by atoms with Crippen LogP contribution in [0.15, 0.2) is 29.2 Å². The Labute approximate surface area is 140 Å². The third-order valence-electron chi connectivity index (χ3n) is 3.87. The highest BCUT2D eigenvalue weighted by Gasteiger charge is 2.30. The molecular formula is C14H20N4O5S. The molecule has 1 saturated heterocycles. The Bertz CT molecular complexity index is 696. The van der Waals surface area contributed by atoms with Crippen molar-refractivity contribution < 1.29 is 18.1 Å². The summed E-state index contributed by atoms with van der Waals surface area (Å²) in [7, 11) is -1.94. The molecule has 132 valence electrons. The van der Waals surface area contributed by atoms with E-state index in [4.69, 9.17) is 0 Å². The van der Waals surface area contributed by atoms with Gasteiger partial charge in [0.2, 0.25) is 15.9 Å². The molecule has 10 heteroatoms. The molecule has 0 radical (unpaired) electrons. The molecule has 0 aromatic heterocycles.